The van der Waals surface area contributed by atoms with E-state index in [-0.39, 0.29) is 36.2 Å². The predicted molar refractivity (Wildman–Crippen MR) is 143 cm³/mol. The molecule has 2 bridgehead atoms. The Labute approximate surface area is 224 Å². The molecule has 1 aromatic rings. The fraction of sp³-hybridized carbons (Fsp3) is 0.440. The number of rotatable bonds is 7. The number of fused-ring (bicyclic) bond motifs is 2. The van der Waals surface area contributed by atoms with Crippen molar-refractivity contribution in [3.8, 4) is 0 Å². The average Bonchev–Trinajstić information content (AvgIpc) is 2.87. The summed E-state index contributed by atoms with van der Waals surface area (Å²) in [6, 6.07) is 2.32. The smallest absolute Gasteiger partial charge is 0.329 e. The van der Waals surface area contributed by atoms with Crippen molar-refractivity contribution < 1.29 is 28.7 Å². The van der Waals surface area contributed by atoms with E-state index in [9.17, 15) is 24.0 Å². The second-order valence-corrected chi connectivity index (χ2v) is 10.2. The Bertz CT molecular complexity index is 1070. The molecule has 2 heterocycles. The molecule has 1 aliphatic rings. The van der Waals surface area contributed by atoms with E-state index in [2.05, 4.69) is 20.9 Å². The third kappa shape index (κ3) is 9.69. The minimum Gasteiger partial charge on any atom is -0.456 e. The monoisotopic (exact) mass is 548 g/mol. The van der Waals surface area contributed by atoms with Crippen LogP contribution in [0.2, 0.25) is 0 Å². The van der Waals surface area contributed by atoms with Gasteiger partial charge >= 0.3 is 5.97 Å². The van der Waals surface area contributed by atoms with Gasteiger partial charge in [0, 0.05) is 10.6 Å². The molecule has 2 rings (SSSR count). The van der Waals surface area contributed by atoms with Crippen molar-refractivity contribution >= 4 is 52.8 Å². The van der Waals surface area contributed by atoms with E-state index < -0.39 is 29.9 Å². The molecule has 1 aromatic heterocycles. The highest BCUT2D eigenvalue weighted by Gasteiger charge is 2.30. The van der Waals surface area contributed by atoms with Crippen molar-refractivity contribution in [3.05, 3.63) is 47.4 Å². The van der Waals surface area contributed by atoms with Gasteiger partial charge in [-0.2, -0.15) is 0 Å². The van der Waals surface area contributed by atoms with Crippen LogP contribution in [-0.4, -0.2) is 58.4 Å². The highest BCUT2D eigenvalue weighted by molar-refractivity contribution is 8.11. The average molecular weight is 549 g/mol. The van der Waals surface area contributed by atoms with E-state index in [0.717, 1.165) is 22.3 Å². The second kappa shape index (κ2) is 15.2. The molecule has 0 unspecified atom stereocenters. The van der Waals surface area contributed by atoms with Crippen molar-refractivity contribution in [1.82, 2.24) is 20.9 Å². The number of amides is 3. The number of cyclic esters (lactones) is 1. The number of hydrogen-bond acceptors (Lipinski definition) is 9. The molecule has 37 heavy (non-hydrogen) atoms. The molecule has 2 atom stereocenters. The summed E-state index contributed by atoms with van der Waals surface area (Å²) < 4.78 is 5.62. The first-order valence-electron chi connectivity index (χ1n) is 11.7. The Morgan fingerprint density at radius 2 is 1.95 bits per heavy atom. The highest BCUT2D eigenvalue weighted by Crippen LogP contribution is 2.18. The maximum atomic E-state index is 13.0. The molecule has 12 heteroatoms. The minimum atomic E-state index is -1.03. The van der Waals surface area contributed by atoms with Gasteiger partial charge in [0.2, 0.25) is 5.91 Å². The standard InChI is InChI=1S/C25H32N4O6S2/c1-5-19-23(32)29-22(15(2)3)25(34)35-17(8-6-7-9-37-14-30)11-21(31)26-13-16-10-18(36-4)12-20(27-16)24(33)28-19/h5-6,8,10,12,14-15,17,22H,7,9,11,13H2,1-4H3,(H,26,31)(H,28,33)(H,29,32)/b8-6+,19-5-/t17-,22+/m1/s1. The van der Waals surface area contributed by atoms with Crippen molar-refractivity contribution in [2.75, 3.05) is 12.0 Å². The third-order valence-corrected chi connectivity index (χ3v) is 6.57. The topological polar surface area (TPSA) is 144 Å². The SMILES string of the molecule is C/C=C1\NC(=O)c2cc(SC)cc(n2)CNC(=O)C[C@@H](/C=C/CCSC=O)OC(=O)[C@H](C(C)C)NC1=O. The summed E-state index contributed by atoms with van der Waals surface area (Å²) in [5, 5.41) is 7.94. The number of esters is 1. The number of nitrogens with one attached hydrogen (secondary N) is 3. The summed E-state index contributed by atoms with van der Waals surface area (Å²) in [6.45, 7) is 5.13. The van der Waals surface area contributed by atoms with Crippen LogP contribution < -0.4 is 16.0 Å². The first kappa shape index (κ1) is 30.1. The molecule has 3 amide bonds. The van der Waals surface area contributed by atoms with Gasteiger partial charge in [-0.25, -0.2) is 9.78 Å². The van der Waals surface area contributed by atoms with Crippen molar-refractivity contribution in [3.63, 3.8) is 0 Å². The number of ether oxygens (including phenoxy) is 1. The van der Waals surface area contributed by atoms with Gasteiger partial charge in [0.1, 0.15) is 23.5 Å². The zero-order chi connectivity index (χ0) is 27.4. The molecular weight excluding hydrogens is 516 g/mol. The summed E-state index contributed by atoms with van der Waals surface area (Å²) in [4.78, 5) is 67.2. The Morgan fingerprint density at radius 3 is 2.59 bits per heavy atom. The molecule has 0 saturated carbocycles. The van der Waals surface area contributed by atoms with Crippen LogP contribution in [0.25, 0.3) is 0 Å². The summed E-state index contributed by atoms with van der Waals surface area (Å²) in [5.74, 6) is -2.14. The number of nitrogens with zero attached hydrogens (tertiary/aromatic N) is 1. The minimum absolute atomic E-state index is 0.0362. The molecule has 10 nitrogen and oxygen atoms in total. The molecule has 0 saturated heterocycles. The fourth-order valence-corrected chi connectivity index (χ4v) is 4.15. The Hall–Kier alpha value is -3.12. The van der Waals surface area contributed by atoms with Crippen LogP contribution in [0.4, 0.5) is 0 Å². The van der Waals surface area contributed by atoms with Crippen LogP contribution in [0, 0.1) is 5.92 Å². The van der Waals surface area contributed by atoms with Crippen molar-refractivity contribution in [2.45, 2.75) is 57.2 Å². The van der Waals surface area contributed by atoms with Crippen LogP contribution in [0.5, 0.6) is 0 Å². The zero-order valence-electron chi connectivity index (χ0n) is 21.2. The predicted octanol–water partition coefficient (Wildman–Crippen LogP) is 2.38. The first-order valence-corrected chi connectivity index (χ1v) is 14.0. The molecular formula is C25H32N4O6S2. The van der Waals surface area contributed by atoms with Crippen LogP contribution in [0.15, 0.2) is 41.0 Å². The summed E-state index contributed by atoms with van der Waals surface area (Å²) in [5.41, 5.74) is 1.25. The lowest BCUT2D eigenvalue weighted by Gasteiger charge is -2.24. The number of aromatic nitrogens is 1. The Morgan fingerprint density at radius 1 is 1.19 bits per heavy atom. The lowest BCUT2D eigenvalue weighted by Crippen LogP contribution is -2.48. The fourth-order valence-electron chi connectivity index (χ4n) is 3.30. The van der Waals surface area contributed by atoms with E-state index >= 15 is 0 Å². The van der Waals surface area contributed by atoms with Crippen molar-refractivity contribution in [2.24, 2.45) is 5.92 Å². The van der Waals surface area contributed by atoms with Crippen LogP contribution in [0.3, 0.4) is 0 Å². The molecule has 0 radical (unpaired) electrons. The quantitative estimate of drug-likeness (QED) is 0.117. The maximum Gasteiger partial charge on any atom is 0.329 e. The van der Waals surface area contributed by atoms with Gasteiger partial charge in [-0.1, -0.05) is 37.8 Å². The Balaban J connectivity index is 2.42. The third-order valence-electron chi connectivity index (χ3n) is 5.25. The van der Waals surface area contributed by atoms with Gasteiger partial charge in [-0.15, -0.1) is 11.8 Å². The molecule has 0 spiro atoms. The lowest BCUT2D eigenvalue weighted by atomic mass is 10.0. The zero-order valence-corrected chi connectivity index (χ0v) is 22.9. The van der Waals surface area contributed by atoms with Gasteiger partial charge in [-0.3, -0.25) is 19.2 Å². The van der Waals surface area contributed by atoms with Crippen LogP contribution >= 0.6 is 23.5 Å². The molecule has 0 aromatic carbocycles. The number of thioether (sulfide) groups is 2. The molecule has 3 N–H and O–H groups in total. The largest absolute Gasteiger partial charge is 0.456 e. The van der Waals surface area contributed by atoms with Crippen LogP contribution in [0.1, 0.15) is 49.8 Å². The number of carbonyl (C=O) groups excluding carboxylic acids is 5. The van der Waals surface area contributed by atoms with Gasteiger partial charge in [-0.05, 0) is 43.7 Å². The van der Waals surface area contributed by atoms with Gasteiger partial charge in [0.15, 0.2) is 5.62 Å². The van der Waals surface area contributed by atoms with Gasteiger partial charge < -0.3 is 20.7 Å². The number of pyridine rings is 1. The van der Waals surface area contributed by atoms with E-state index in [1.54, 1.807) is 45.1 Å². The molecule has 0 fully saturated rings. The summed E-state index contributed by atoms with van der Waals surface area (Å²) in [6.07, 6.45) is 6.13. The Kier molecular flexibility index (Phi) is 12.4. The van der Waals surface area contributed by atoms with E-state index in [0.29, 0.717) is 17.9 Å². The molecule has 1 aliphatic heterocycles. The number of hydrogen-bond donors (Lipinski definition) is 3. The van der Waals surface area contributed by atoms with Crippen molar-refractivity contribution in [1.29, 1.82) is 0 Å². The lowest BCUT2D eigenvalue weighted by molar-refractivity contribution is -0.153. The maximum absolute atomic E-state index is 13.0. The van der Waals surface area contributed by atoms with E-state index in [1.165, 1.54) is 17.8 Å². The molecule has 200 valence electrons. The second-order valence-electron chi connectivity index (χ2n) is 8.38. The summed E-state index contributed by atoms with van der Waals surface area (Å²) in [7, 11) is 0. The number of carbonyl (C=O) groups is 5. The summed E-state index contributed by atoms with van der Waals surface area (Å²) >= 11 is 2.52. The highest BCUT2D eigenvalue weighted by atomic mass is 32.2. The normalized spacial score (nSPS) is 20.9. The van der Waals surface area contributed by atoms with E-state index in [1.807, 2.05) is 6.26 Å². The number of allylic oxidation sites excluding steroid dienone is 2. The van der Waals surface area contributed by atoms with Gasteiger partial charge in [0.05, 0.1) is 18.7 Å². The molecule has 0 aliphatic carbocycles. The van der Waals surface area contributed by atoms with Crippen LogP contribution in [-0.2, 0) is 30.5 Å². The first-order chi connectivity index (χ1) is 17.7. The van der Waals surface area contributed by atoms with Gasteiger partial charge in [0.25, 0.3) is 11.8 Å². The van der Waals surface area contributed by atoms with E-state index in [4.69, 9.17) is 4.74 Å².